The van der Waals surface area contributed by atoms with Crippen LogP contribution < -0.4 is 10.1 Å². The van der Waals surface area contributed by atoms with Gasteiger partial charge in [0.05, 0.1) is 5.56 Å². The van der Waals surface area contributed by atoms with Crippen molar-refractivity contribution in [3.8, 4) is 5.75 Å². The van der Waals surface area contributed by atoms with E-state index < -0.39 is 12.6 Å². The van der Waals surface area contributed by atoms with Crippen LogP contribution in [0.5, 0.6) is 5.75 Å². The van der Waals surface area contributed by atoms with Crippen molar-refractivity contribution in [2.45, 2.75) is 6.92 Å². The number of hydrogen-bond acceptors (Lipinski definition) is 4. The molecule has 0 spiro atoms. The average Bonchev–Trinajstić information content (AvgIpc) is 2.46. The summed E-state index contributed by atoms with van der Waals surface area (Å²) in [4.78, 5) is 26.5. The Kier molecular flexibility index (Phi) is 4.50. The minimum atomic E-state index is -1.06. The third-order valence-corrected chi connectivity index (χ3v) is 2.63. The minimum absolute atomic E-state index is 0.294. The van der Waals surface area contributed by atoms with Crippen LogP contribution in [0.25, 0.3) is 0 Å². The number of carboxylic acid groups (broad SMARTS) is 1. The summed E-state index contributed by atoms with van der Waals surface area (Å²) >= 11 is 0. The fraction of sp³-hybridized carbons (Fsp3) is 0.133. The van der Waals surface area contributed by atoms with Crippen LogP contribution in [0.2, 0.25) is 0 Å². The fourth-order valence-electron chi connectivity index (χ4n) is 1.61. The summed E-state index contributed by atoms with van der Waals surface area (Å²) in [7, 11) is 0. The standard InChI is InChI=1S/C15H14N2O4/c1-10-5-6-11(8-16-10)15(20)17-12-3-2-4-13(7-12)21-9-14(18)19/h2-8H,9H2,1H3,(H,17,20)(H,18,19). The van der Waals surface area contributed by atoms with E-state index >= 15 is 0 Å². The third kappa shape index (κ3) is 4.31. The van der Waals surface area contributed by atoms with E-state index in [-0.39, 0.29) is 5.91 Å². The number of aliphatic carboxylic acids is 1. The Morgan fingerprint density at radius 2 is 2.10 bits per heavy atom. The van der Waals surface area contributed by atoms with Crippen molar-refractivity contribution in [2.24, 2.45) is 0 Å². The number of nitrogens with one attached hydrogen (secondary N) is 1. The van der Waals surface area contributed by atoms with Crippen LogP contribution in [-0.4, -0.2) is 28.6 Å². The SMILES string of the molecule is Cc1ccc(C(=O)Nc2cccc(OCC(=O)O)c2)cn1. The molecule has 1 amide bonds. The zero-order valence-electron chi connectivity index (χ0n) is 11.4. The largest absolute Gasteiger partial charge is 0.482 e. The van der Waals surface area contributed by atoms with Gasteiger partial charge in [0.2, 0.25) is 0 Å². The third-order valence-electron chi connectivity index (χ3n) is 2.63. The van der Waals surface area contributed by atoms with Crippen LogP contribution in [-0.2, 0) is 4.79 Å². The molecule has 0 saturated carbocycles. The number of benzene rings is 1. The van der Waals surface area contributed by atoms with Crippen molar-refractivity contribution < 1.29 is 19.4 Å². The molecule has 1 heterocycles. The average molecular weight is 286 g/mol. The Balaban J connectivity index is 2.05. The molecule has 1 aromatic carbocycles. The summed E-state index contributed by atoms with van der Waals surface area (Å²) in [6.07, 6.45) is 1.50. The zero-order chi connectivity index (χ0) is 15.2. The Morgan fingerprint density at radius 1 is 1.29 bits per heavy atom. The van der Waals surface area contributed by atoms with Crippen LogP contribution in [0.4, 0.5) is 5.69 Å². The molecule has 0 atom stereocenters. The molecule has 0 unspecified atom stereocenters. The zero-order valence-corrected chi connectivity index (χ0v) is 11.4. The maximum atomic E-state index is 12.0. The van der Waals surface area contributed by atoms with E-state index in [9.17, 15) is 9.59 Å². The molecular weight excluding hydrogens is 272 g/mol. The van der Waals surface area contributed by atoms with E-state index in [1.807, 2.05) is 6.92 Å². The van der Waals surface area contributed by atoms with Gasteiger partial charge < -0.3 is 15.2 Å². The maximum absolute atomic E-state index is 12.0. The molecule has 0 aliphatic carbocycles. The van der Waals surface area contributed by atoms with E-state index in [4.69, 9.17) is 9.84 Å². The van der Waals surface area contributed by atoms with Crippen LogP contribution in [0.1, 0.15) is 16.1 Å². The second-order valence-corrected chi connectivity index (χ2v) is 4.35. The molecule has 1 aromatic heterocycles. The van der Waals surface area contributed by atoms with Crippen LogP contribution in [0.3, 0.4) is 0 Å². The fourth-order valence-corrected chi connectivity index (χ4v) is 1.61. The van der Waals surface area contributed by atoms with Crippen molar-refractivity contribution in [3.05, 3.63) is 53.9 Å². The van der Waals surface area contributed by atoms with Crippen molar-refractivity contribution in [3.63, 3.8) is 0 Å². The van der Waals surface area contributed by atoms with Gasteiger partial charge >= 0.3 is 5.97 Å². The molecule has 6 heteroatoms. The molecule has 0 radical (unpaired) electrons. The summed E-state index contributed by atoms with van der Waals surface area (Å²) < 4.78 is 5.05. The van der Waals surface area contributed by atoms with Gasteiger partial charge in [0.15, 0.2) is 6.61 Å². The number of amides is 1. The Morgan fingerprint density at radius 3 is 2.76 bits per heavy atom. The first-order valence-electron chi connectivity index (χ1n) is 6.23. The smallest absolute Gasteiger partial charge is 0.341 e. The highest BCUT2D eigenvalue weighted by Gasteiger charge is 2.07. The van der Waals surface area contributed by atoms with Gasteiger partial charge in [-0.3, -0.25) is 9.78 Å². The van der Waals surface area contributed by atoms with Crippen molar-refractivity contribution in [2.75, 3.05) is 11.9 Å². The number of carbonyl (C=O) groups excluding carboxylic acids is 1. The summed E-state index contributed by atoms with van der Waals surface area (Å²) in [6, 6.07) is 9.96. The number of aryl methyl sites for hydroxylation is 1. The molecule has 2 rings (SSSR count). The molecular formula is C15H14N2O4. The van der Waals surface area contributed by atoms with Crippen molar-refractivity contribution in [1.82, 2.24) is 4.98 Å². The molecule has 2 N–H and O–H groups in total. The number of aromatic nitrogens is 1. The van der Waals surface area contributed by atoms with Gasteiger partial charge in [0, 0.05) is 23.6 Å². The molecule has 21 heavy (non-hydrogen) atoms. The lowest BCUT2D eigenvalue weighted by molar-refractivity contribution is -0.139. The number of carbonyl (C=O) groups is 2. The number of carboxylic acids is 1. The number of nitrogens with zero attached hydrogens (tertiary/aromatic N) is 1. The van der Waals surface area contributed by atoms with Gasteiger partial charge in [0.25, 0.3) is 5.91 Å². The molecule has 0 bridgehead atoms. The van der Waals surface area contributed by atoms with E-state index in [2.05, 4.69) is 10.3 Å². The van der Waals surface area contributed by atoms with E-state index in [0.717, 1.165) is 5.69 Å². The quantitative estimate of drug-likeness (QED) is 0.878. The van der Waals surface area contributed by atoms with Crippen LogP contribution >= 0.6 is 0 Å². The highest BCUT2D eigenvalue weighted by Crippen LogP contribution is 2.18. The van der Waals surface area contributed by atoms with Crippen LogP contribution in [0, 0.1) is 6.92 Å². The normalized spacial score (nSPS) is 9.95. The summed E-state index contributed by atoms with van der Waals surface area (Å²) in [6.45, 7) is 1.41. The van der Waals surface area contributed by atoms with Crippen molar-refractivity contribution in [1.29, 1.82) is 0 Å². The number of rotatable bonds is 5. The lowest BCUT2D eigenvalue weighted by atomic mass is 10.2. The number of ether oxygens (including phenoxy) is 1. The van der Waals surface area contributed by atoms with Gasteiger partial charge in [-0.2, -0.15) is 0 Å². The monoisotopic (exact) mass is 286 g/mol. The number of hydrogen-bond donors (Lipinski definition) is 2. The maximum Gasteiger partial charge on any atom is 0.341 e. The minimum Gasteiger partial charge on any atom is -0.482 e. The predicted octanol–water partition coefficient (Wildman–Crippen LogP) is 2.11. The molecule has 0 saturated heterocycles. The summed E-state index contributed by atoms with van der Waals surface area (Å²) in [5.41, 5.74) is 1.79. The Labute approximate surface area is 121 Å². The van der Waals surface area contributed by atoms with E-state index in [1.165, 1.54) is 6.20 Å². The van der Waals surface area contributed by atoms with Crippen molar-refractivity contribution >= 4 is 17.6 Å². The second-order valence-electron chi connectivity index (χ2n) is 4.35. The first-order chi connectivity index (χ1) is 10.0. The molecule has 108 valence electrons. The lowest BCUT2D eigenvalue weighted by Gasteiger charge is -2.08. The first kappa shape index (κ1) is 14.5. The van der Waals surface area contributed by atoms with E-state index in [1.54, 1.807) is 36.4 Å². The van der Waals surface area contributed by atoms with E-state index in [0.29, 0.717) is 17.0 Å². The molecule has 0 aliphatic heterocycles. The summed E-state index contributed by atoms with van der Waals surface area (Å²) in [5, 5.41) is 11.3. The second kappa shape index (κ2) is 6.51. The molecule has 0 fully saturated rings. The Hall–Kier alpha value is -2.89. The van der Waals surface area contributed by atoms with Gasteiger partial charge in [-0.1, -0.05) is 6.07 Å². The molecule has 6 nitrogen and oxygen atoms in total. The van der Waals surface area contributed by atoms with Gasteiger partial charge in [-0.25, -0.2) is 4.79 Å². The van der Waals surface area contributed by atoms with Gasteiger partial charge in [-0.05, 0) is 31.2 Å². The number of anilines is 1. The topological polar surface area (TPSA) is 88.5 Å². The van der Waals surface area contributed by atoms with Gasteiger partial charge in [-0.15, -0.1) is 0 Å². The highest BCUT2D eigenvalue weighted by atomic mass is 16.5. The molecule has 0 aliphatic rings. The summed E-state index contributed by atoms with van der Waals surface area (Å²) in [5.74, 6) is -0.981. The Bertz CT molecular complexity index is 653. The molecule has 2 aromatic rings. The van der Waals surface area contributed by atoms with Gasteiger partial charge in [0.1, 0.15) is 5.75 Å². The highest BCUT2D eigenvalue weighted by molar-refractivity contribution is 6.04. The predicted molar refractivity (Wildman–Crippen MR) is 76.5 cm³/mol. The number of pyridine rings is 1. The first-order valence-corrected chi connectivity index (χ1v) is 6.23. The van der Waals surface area contributed by atoms with Crippen LogP contribution in [0.15, 0.2) is 42.6 Å². The lowest BCUT2D eigenvalue weighted by Crippen LogP contribution is -2.13.